The Morgan fingerprint density at radius 1 is 1.16 bits per heavy atom. The first-order chi connectivity index (χ1) is 8.78. The van der Waals surface area contributed by atoms with Crippen LogP contribution < -0.4 is 16.9 Å². The van der Waals surface area contributed by atoms with E-state index >= 15 is 0 Å². The summed E-state index contributed by atoms with van der Waals surface area (Å²) in [6.07, 6.45) is 2.88. The SMILES string of the molecule is Cc1c(C)c(=O)n(CCCCC(C)(C)CN)[nH]c1=O. The standard InChI is InChI=1S/C14H25N3O2/c1-10-11(2)13(19)17(16-12(10)18)8-6-5-7-14(3,4)9-15/h5-9,15H2,1-4H3,(H,16,18). The quantitative estimate of drug-likeness (QED) is 0.762. The van der Waals surface area contributed by atoms with Crippen molar-refractivity contribution in [2.24, 2.45) is 11.1 Å². The van der Waals surface area contributed by atoms with Gasteiger partial charge in [0.15, 0.2) is 0 Å². The van der Waals surface area contributed by atoms with Gasteiger partial charge in [0.1, 0.15) is 0 Å². The van der Waals surface area contributed by atoms with Gasteiger partial charge < -0.3 is 5.73 Å². The summed E-state index contributed by atoms with van der Waals surface area (Å²) in [6, 6.07) is 0. The Morgan fingerprint density at radius 3 is 2.37 bits per heavy atom. The van der Waals surface area contributed by atoms with Crippen LogP contribution in [0.1, 0.15) is 44.2 Å². The molecule has 0 aliphatic heterocycles. The molecule has 0 saturated carbocycles. The molecule has 19 heavy (non-hydrogen) atoms. The monoisotopic (exact) mass is 267 g/mol. The van der Waals surface area contributed by atoms with Crippen LogP contribution in [0.15, 0.2) is 9.59 Å². The van der Waals surface area contributed by atoms with E-state index in [1.807, 2.05) is 0 Å². The molecule has 0 aliphatic rings. The van der Waals surface area contributed by atoms with Gasteiger partial charge in [0.2, 0.25) is 0 Å². The van der Waals surface area contributed by atoms with Crippen molar-refractivity contribution in [2.45, 2.75) is 53.5 Å². The van der Waals surface area contributed by atoms with Crippen LogP contribution >= 0.6 is 0 Å². The van der Waals surface area contributed by atoms with Gasteiger partial charge in [-0.25, -0.2) is 0 Å². The van der Waals surface area contributed by atoms with Crippen LogP contribution in [-0.4, -0.2) is 16.3 Å². The van der Waals surface area contributed by atoms with E-state index in [4.69, 9.17) is 5.73 Å². The fraction of sp³-hybridized carbons (Fsp3) is 0.714. The Bertz CT molecular complexity index is 541. The summed E-state index contributed by atoms with van der Waals surface area (Å²) in [5.74, 6) is 0. The average Bonchev–Trinajstić information content (AvgIpc) is 2.37. The highest BCUT2D eigenvalue weighted by molar-refractivity contribution is 5.17. The minimum atomic E-state index is -0.181. The summed E-state index contributed by atoms with van der Waals surface area (Å²) in [5.41, 5.74) is 6.57. The number of nitrogens with two attached hydrogens (primary N) is 1. The number of aromatic amines is 1. The van der Waals surface area contributed by atoms with Gasteiger partial charge in [0.25, 0.3) is 11.1 Å². The predicted molar refractivity (Wildman–Crippen MR) is 77.5 cm³/mol. The van der Waals surface area contributed by atoms with Gasteiger partial charge in [0, 0.05) is 17.7 Å². The minimum absolute atomic E-state index is 0.102. The summed E-state index contributed by atoms with van der Waals surface area (Å²) < 4.78 is 1.42. The summed E-state index contributed by atoms with van der Waals surface area (Å²) in [7, 11) is 0. The van der Waals surface area contributed by atoms with Crippen LogP contribution in [-0.2, 0) is 6.54 Å². The molecule has 0 bridgehead atoms. The third-order valence-electron chi connectivity index (χ3n) is 3.74. The molecule has 0 atom stereocenters. The van der Waals surface area contributed by atoms with Crippen LogP contribution in [0.3, 0.4) is 0 Å². The van der Waals surface area contributed by atoms with Gasteiger partial charge in [-0.2, -0.15) is 0 Å². The Labute approximate surface area is 113 Å². The van der Waals surface area contributed by atoms with Crippen molar-refractivity contribution in [1.29, 1.82) is 0 Å². The highest BCUT2D eigenvalue weighted by Gasteiger charge is 2.14. The number of hydrogen-bond acceptors (Lipinski definition) is 3. The van der Waals surface area contributed by atoms with E-state index in [1.54, 1.807) is 13.8 Å². The van der Waals surface area contributed by atoms with Gasteiger partial charge in [-0.3, -0.25) is 19.4 Å². The molecule has 0 spiro atoms. The molecule has 3 N–H and O–H groups in total. The Balaban J connectivity index is 2.65. The maximum absolute atomic E-state index is 12.0. The number of aromatic nitrogens is 2. The molecule has 1 aromatic heterocycles. The minimum Gasteiger partial charge on any atom is -0.330 e. The van der Waals surface area contributed by atoms with Crippen molar-refractivity contribution in [1.82, 2.24) is 9.78 Å². The number of nitrogens with one attached hydrogen (secondary N) is 1. The van der Waals surface area contributed by atoms with Gasteiger partial charge >= 0.3 is 0 Å². The fourth-order valence-electron chi connectivity index (χ4n) is 1.92. The molecule has 5 nitrogen and oxygen atoms in total. The molecule has 0 radical (unpaired) electrons. The first kappa shape index (κ1) is 15.7. The number of rotatable bonds is 6. The van der Waals surface area contributed by atoms with Gasteiger partial charge in [0.05, 0.1) is 0 Å². The summed E-state index contributed by atoms with van der Waals surface area (Å²) in [5, 5.41) is 2.62. The van der Waals surface area contributed by atoms with E-state index in [-0.39, 0.29) is 16.5 Å². The van der Waals surface area contributed by atoms with Gasteiger partial charge in [-0.05, 0) is 38.6 Å². The topological polar surface area (TPSA) is 80.9 Å². The second-order valence-electron chi connectivity index (χ2n) is 5.97. The van der Waals surface area contributed by atoms with Gasteiger partial charge in [-0.1, -0.05) is 20.3 Å². The lowest BCUT2D eigenvalue weighted by Crippen LogP contribution is -2.33. The Morgan fingerprint density at radius 2 is 1.79 bits per heavy atom. The molecule has 108 valence electrons. The first-order valence-corrected chi connectivity index (χ1v) is 6.79. The second-order valence-corrected chi connectivity index (χ2v) is 5.97. The highest BCUT2D eigenvalue weighted by atomic mass is 16.2. The zero-order valence-electron chi connectivity index (χ0n) is 12.4. The highest BCUT2D eigenvalue weighted by Crippen LogP contribution is 2.21. The zero-order chi connectivity index (χ0) is 14.6. The van der Waals surface area contributed by atoms with Crippen LogP contribution in [0.5, 0.6) is 0 Å². The van der Waals surface area contributed by atoms with Crippen LogP contribution in [0.25, 0.3) is 0 Å². The molecule has 0 saturated heterocycles. The lowest BCUT2D eigenvalue weighted by atomic mass is 9.87. The first-order valence-electron chi connectivity index (χ1n) is 6.79. The average molecular weight is 267 g/mol. The van der Waals surface area contributed by atoms with E-state index < -0.39 is 0 Å². The van der Waals surface area contributed by atoms with Gasteiger partial charge in [-0.15, -0.1) is 0 Å². The molecule has 0 unspecified atom stereocenters. The maximum atomic E-state index is 12.0. The van der Waals surface area contributed by atoms with E-state index in [9.17, 15) is 9.59 Å². The molecule has 0 aliphatic carbocycles. The van der Waals surface area contributed by atoms with Crippen molar-refractivity contribution in [3.63, 3.8) is 0 Å². The smallest absolute Gasteiger partial charge is 0.268 e. The number of unbranched alkanes of at least 4 members (excludes halogenated alkanes) is 1. The number of nitrogens with zero attached hydrogens (tertiary/aromatic N) is 1. The molecular weight excluding hydrogens is 242 g/mol. The van der Waals surface area contributed by atoms with Crippen LogP contribution in [0.4, 0.5) is 0 Å². The fourth-order valence-corrected chi connectivity index (χ4v) is 1.92. The normalized spacial score (nSPS) is 11.8. The van der Waals surface area contributed by atoms with Crippen molar-refractivity contribution in [2.75, 3.05) is 6.54 Å². The molecule has 0 fully saturated rings. The summed E-state index contributed by atoms with van der Waals surface area (Å²) >= 11 is 0. The maximum Gasteiger partial charge on any atom is 0.268 e. The van der Waals surface area contributed by atoms with Crippen LogP contribution in [0, 0.1) is 19.3 Å². The number of aryl methyl sites for hydroxylation is 1. The molecule has 1 rings (SSSR count). The van der Waals surface area contributed by atoms with Crippen molar-refractivity contribution >= 4 is 0 Å². The third-order valence-corrected chi connectivity index (χ3v) is 3.74. The van der Waals surface area contributed by atoms with E-state index in [2.05, 4.69) is 18.9 Å². The lowest BCUT2D eigenvalue weighted by Gasteiger charge is -2.21. The molecule has 5 heteroatoms. The summed E-state index contributed by atoms with van der Waals surface area (Å²) in [4.78, 5) is 23.6. The van der Waals surface area contributed by atoms with Crippen molar-refractivity contribution in [3.05, 3.63) is 31.8 Å². The van der Waals surface area contributed by atoms with Crippen molar-refractivity contribution in [3.8, 4) is 0 Å². The Kier molecular flexibility index (Phi) is 5.11. The number of H-pyrrole nitrogens is 1. The molecule has 1 aromatic rings. The second kappa shape index (κ2) is 6.19. The van der Waals surface area contributed by atoms with E-state index in [0.717, 1.165) is 19.3 Å². The number of hydrogen-bond donors (Lipinski definition) is 2. The van der Waals surface area contributed by atoms with Crippen LogP contribution in [0.2, 0.25) is 0 Å². The third kappa shape index (κ3) is 4.06. The summed E-state index contributed by atoms with van der Waals surface area (Å²) in [6.45, 7) is 8.85. The predicted octanol–water partition coefficient (Wildman–Crippen LogP) is 1.31. The van der Waals surface area contributed by atoms with E-state index in [0.29, 0.717) is 24.2 Å². The molecule has 0 amide bonds. The van der Waals surface area contributed by atoms with Crippen molar-refractivity contribution < 1.29 is 0 Å². The molecule has 1 heterocycles. The lowest BCUT2D eigenvalue weighted by molar-refractivity contribution is 0.326. The molecule has 0 aromatic carbocycles. The van der Waals surface area contributed by atoms with E-state index in [1.165, 1.54) is 4.68 Å². The Hall–Kier alpha value is -1.36. The largest absolute Gasteiger partial charge is 0.330 e. The zero-order valence-corrected chi connectivity index (χ0v) is 12.4. The molecular formula is C14H25N3O2.